The zero-order chi connectivity index (χ0) is 11.4. The van der Waals surface area contributed by atoms with E-state index in [0.717, 1.165) is 12.2 Å². The Hall–Kier alpha value is -0.880. The van der Waals surface area contributed by atoms with Crippen molar-refractivity contribution in [3.63, 3.8) is 0 Å². The van der Waals surface area contributed by atoms with Gasteiger partial charge in [0.15, 0.2) is 5.03 Å². The van der Waals surface area contributed by atoms with Crippen LogP contribution in [0.5, 0.6) is 0 Å². The summed E-state index contributed by atoms with van der Waals surface area (Å²) in [6.45, 7) is 3.55. The Labute approximate surface area is 96.4 Å². The summed E-state index contributed by atoms with van der Waals surface area (Å²) >= 11 is 6.97. The van der Waals surface area contributed by atoms with Gasteiger partial charge in [0.05, 0.1) is 4.92 Å². The van der Waals surface area contributed by atoms with Crippen LogP contribution in [0.25, 0.3) is 0 Å². The quantitative estimate of drug-likeness (QED) is 0.269. The maximum Gasteiger partial charge on any atom is 0.322 e. The Balaban J connectivity index is 3.14. The van der Waals surface area contributed by atoms with Gasteiger partial charge >= 0.3 is 5.69 Å². The van der Waals surface area contributed by atoms with Crippen molar-refractivity contribution in [2.75, 3.05) is 5.75 Å². The summed E-state index contributed by atoms with van der Waals surface area (Å²) in [6, 6.07) is 0. The maximum absolute atomic E-state index is 10.8. The number of nitrogens with zero attached hydrogens (tertiary/aromatic N) is 3. The van der Waals surface area contributed by atoms with Gasteiger partial charge in [0.2, 0.25) is 5.28 Å². The number of nitro groups is 1. The molecule has 0 aliphatic carbocycles. The van der Waals surface area contributed by atoms with Gasteiger partial charge < -0.3 is 0 Å². The molecule has 82 valence electrons. The monoisotopic (exact) mass is 247 g/mol. The second kappa shape index (κ2) is 5.27. The van der Waals surface area contributed by atoms with Crippen LogP contribution in [0, 0.1) is 17.0 Å². The number of aryl methyl sites for hydroxylation is 1. The van der Waals surface area contributed by atoms with Gasteiger partial charge in [-0.3, -0.25) is 10.1 Å². The largest absolute Gasteiger partial charge is 0.322 e. The highest BCUT2D eigenvalue weighted by Gasteiger charge is 2.21. The van der Waals surface area contributed by atoms with Gasteiger partial charge in [0.25, 0.3) is 0 Å². The van der Waals surface area contributed by atoms with Crippen molar-refractivity contribution in [2.45, 2.75) is 25.3 Å². The van der Waals surface area contributed by atoms with E-state index in [1.165, 1.54) is 11.8 Å². The average molecular weight is 248 g/mol. The minimum atomic E-state index is -0.469. The number of hydrogen-bond donors (Lipinski definition) is 0. The van der Waals surface area contributed by atoms with Crippen LogP contribution in [0.1, 0.15) is 19.0 Å². The molecule has 0 amide bonds. The van der Waals surface area contributed by atoms with E-state index in [1.807, 2.05) is 6.92 Å². The van der Waals surface area contributed by atoms with E-state index in [4.69, 9.17) is 11.6 Å². The zero-order valence-corrected chi connectivity index (χ0v) is 9.93. The highest BCUT2D eigenvalue weighted by atomic mass is 35.5. The zero-order valence-electron chi connectivity index (χ0n) is 8.36. The van der Waals surface area contributed by atoms with E-state index < -0.39 is 4.92 Å². The summed E-state index contributed by atoms with van der Waals surface area (Å²) in [5, 5.41) is 11.2. The standard InChI is InChI=1S/C8H10ClN3O2S/c1-3-4-15-7-6(12(13)14)5(2)10-8(9)11-7/h3-4H2,1-2H3. The number of aromatic nitrogens is 2. The van der Waals surface area contributed by atoms with Gasteiger partial charge in [-0.1, -0.05) is 18.7 Å². The third kappa shape index (κ3) is 3.04. The van der Waals surface area contributed by atoms with Crippen LogP contribution in [0.15, 0.2) is 5.03 Å². The normalized spacial score (nSPS) is 10.3. The molecule has 0 aliphatic rings. The molecule has 0 aliphatic heterocycles. The number of hydrogen-bond acceptors (Lipinski definition) is 5. The molecule has 7 heteroatoms. The molecule has 1 heterocycles. The predicted molar refractivity (Wildman–Crippen MR) is 59.4 cm³/mol. The molecule has 1 rings (SSSR count). The second-order valence-electron chi connectivity index (χ2n) is 2.84. The third-order valence-corrected chi connectivity index (χ3v) is 2.96. The van der Waals surface area contributed by atoms with Crippen molar-refractivity contribution in [3.05, 3.63) is 21.1 Å². The number of thioether (sulfide) groups is 1. The van der Waals surface area contributed by atoms with Crippen LogP contribution < -0.4 is 0 Å². The van der Waals surface area contributed by atoms with E-state index in [9.17, 15) is 10.1 Å². The molecule has 0 radical (unpaired) electrons. The molecule has 0 atom stereocenters. The molecule has 0 unspecified atom stereocenters. The van der Waals surface area contributed by atoms with Gasteiger partial charge in [-0.15, -0.1) is 0 Å². The Bertz CT molecular complexity index is 386. The van der Waals surface area contributed by atoms with Crippen LogP contribution in [0.4, 0.5) is 5.69 Å². The van der Waals surface area contributed by atoms with E-state index in [0.29, 0.717) is 10.7 Å². The highest BCUT2D eigenvalue weighted by Crippen LogP contribution is 2.30. The van der Waals surface area contributed by atoms with E-state index in [1.54, 1.807) is 6.92 Å². The fourth-order valence-corrected chi connectivity index (χ4v) is 2.19. The molecule has 5 nitrogen and oxygen atoms in total. The molecule has 1 aromatic heterocycles. The summed E-state index contributed by atoms with van der Waals surface area (Å²) < 4.78 is 0. The first kappa shape index (κ1) is 12.2. The van der Waals surface area contributed by atoms with Crippen molar-refractivity contribution in [3.8, 4) is 0 Å². The van der Waals surface area contributed by atoms with Crippen molar-refractivity contribution >= 4 is 29.1 Å². The summed E-state index contributed by atoms with van der Waals surface area (Å²) in [5.74, 6) is 0.771. The molecule has 1 aromatic rings. The molecular formula is C8H10ClN3O2S. The van der Waals surface area contributed by atoms with Gasteiger partial charge in [0, 0.05) is 0 Å². The average Bonchev–Trinajstić information content (AvgIpc) is 2.12. The Morgan fingerprint density at radius 2 is 2.20 bits per heavy atom. The highest BCUT2D eigenvalue weighted by molar-refractivity contribution is 7.99. The van der Waals surface area contributed by atoms with E-state index in [-0.39, 0.29) is 11.0 Å². The van der Waals surface area contributed by atoms with Crippen molar-refractivity contribution in [1.29, 1.82) is 0 Å². The maximum atomic E-state index is 10.8. The van der Waals surface area contributed by atoms with Crippen LogP contribution in [-0.2, 0) is 0 Å². The molecule has 0 N–H and O–H groups in total. The molecular weight excluding hydrogens is 238 g/mol. The molecule has 0 saturated heterocycles. The lowest BCUT2D eigenvalue weighted by molar-refractivity contribution is -0.389. The molecule has 0 bridgehead atoms. The van der Waals surface area contributed by atoms with E-state index in [2.05, 4.69) is 9.97 Å². The molecule has 0 aromatic carbocycles. The van der Waals surface area contributed by atoms with Gasteiger partial charge in [-0.25, -0.2) is 9.97 Å². The van der Waals surface area contributed by atoms with Crippen LogP contribution in [0.2, 0.25) is 5.28 Å². The second-order valence-corrected chi connectivity index (χ2v) is 4.26. The lowest BCUT2D eigenvalue weighted by Gasteiger charge is -2.03. The molecule has 0 saturated carbocycles. The first-order valence-electron chi connectivity index (χ1n) is 4.37. The van der Waals surface area contributed by atoms with Crippen LogP contribution in [0.3, 0.4) is 0 Å². The van der Waals surface area contributed by atoms with Crippen molar-refractivity contribution in [2.24, 2.45) is 0 Å². The van der Waals surface area contributed by atoms with Gasteiger partial charge in [-0.2, -0.15) is 0 Å². The summed E-state index contributed by atoms with van der Waals surface area (Å²) in [7, 11) is 0. The Kier molecular flexibility index (Phi) is 4.28. The molecule has 0 spiro atoms. The lowest BCUT2D eigenvalue weighted by atomic mass is 10.4. The minimum Gasteiger partial charge on any atom is -0.258 e. The minimum absolute atomic E-state index is 0.0437. The SMILES string of the molecule is CCCSc1nc(Cl)nc(C)c1[N+](=O)[O-]. The predicted octanol–water partition coefficient (Wildman–Crippen LogP) is 2.85. The van der Waals surface area contributed by atoms with Gasteiger partial charge in [-0.05, 0) is 30.7 Å². The smallest absolute Gasteiger partial charge is 0.258 e. The van der Waals surface area contributed by atoms with Gasteiger partial charge in [0.1, 0.15) is 5.69 Å². The number of rotatable bonds is 4. The fraction of sp³-hybridized carbons (Fsp3) is 0.500. The topological polar surface area (TPSA) is 68.9 Å². The third-order valence-electron chi connectivity index (χ3n) is 1.62. The van der Waals surface area contributed by atoms with Crippen molar-refractivity contribution < 1.29 is 4.92 Å². The summed E-state index contributed by atoms with van der Waals surface area (Å²) in [5.41, 5.74) is 0.261. The van der Waals surface area contributed by atoms with Crippen LogP contribution >= 0.6 is 23.4 Å². The molecule has 0 fully saturated rings. The van der Waals surface area contributed by atoms with Crippen LogP contribution in [-0.4, -0.2) is 20.6 Å². The summed E-state index contributed by atoms with van der Waals surface area (Å²) in [6.07, 6.45) is 0.919. The lowest BCUT2D eigenvalue weighted by Crippen LogP contribution is -2.00. The Morgan fingerprint density at radius 1 is 1.53 bits per heavy atom. The fourth-order valence-electron chi connectivity index (χ4n) is 1.02. The molecule has 15 heavy (non-hydrogen) atoms. The summed E-state index contributed by atoms with van der Waals surface area (Å²) in [4.78, 5) is 17.9. The Morgan fingerprint density at radius 3 is 2.73 bits per heavy atom. The first-order chi connectivity index (χ1) is 7.06. The first-order valence-corrected chi connectivity index (χ1v) is 5.74. The number of halogens is 1. The van der Waals surface area contributed by atoms with E-state index >= 15 is 0 Å². The van der Waals surface area contributed by atoms with Crippen molar-refractivity contribution in [1.82, 2.24) is 9.97 Å².